The van der Waals surface area contributed by atoms with Gasteiger partial charge in [0, 0.05) is 17.1 Å². The highest BCUT2D eigenvalue weighted by atomic mass is 35.5. The summed E-state index contributed by atoms with van der Waals surface area (Å²) in [5.41, 5.74) is 0.575. The molecule has 0 aliphatic heterocycles. The van der Waals surface area contributed by atoms with Gasteiger partial charge in [0.2, 0.25) is 5.91 Å². The van der Waals surface area contributed by atoms with Gasteiger partial charge in [-0.25, -0.2) is 0 Å². The lowest BCUT2D eigenvalue weighted by atomic mass is 10.1. The van der Waals surface area contributed by atoms with Gasteiger partial charge >= 0.3 is 5.97 Å². The third kappa shape index (κ3) is 5.27. The van der Waals surface area contributed by atoms with Crippen LogP contribution in [0.4, 0.5) is 0 Å². The van der Waals surface area contributed by atoms with Crippen LogP contribution >= 0.6 is 11.6 Å². The van der Waals surface area contributed by atoms with E-state index >= 15 is 0 Å². The Morgan fingerprint density at radius 3 is 2.57 bits per heavy atom. The summed E-state index contributed by atoms with van der Waals surface area (Å²) in [4.78, 5) is 24.6. The Labute approximate surface area is 129 Å². The predicted octanol–water partition coefficient (Wildman–Crippen LogP) is 2.46. The van der Waals surface area contributed by atoms with Crippen LogP contribution in [-0.2, 0) is 16.0 Å². The van der Waals surface area contributed by atoms with Crippen molar-refractivity contribution < 1.29 is 19.4 Å². The summed E-state index contributed by atoms with van der Waals surface area (Å²) in [6.45, 7) is 3.93. The molecule has 116 valence electrons. The molecule has 0 fully saturated rings. The molecule has 0 atom stereocenters. The predicted molar refractivity (Wildman–Crippen MR) is 80.8 cm³/mol. The Bertz CT molecular complexity index is 516. The lowest BCUT2D eigenvalue weighted by Gasteiger charge is -2.23. The third-order valence-corrected chi connectivity index (χ3v) is 3.24. The van der Waals surface area contributed by atoms with Crippen LogP contribution in [0.3, 0.4) is 0 Å². The van der Waals surface area contributed by atoms with Gasteiger partial charge in [-0.2, -0.15) is 0 Å². The van der Waals surface area contributed by atoms with Gasteiger partial charge in [-0.1, -0.05) is 31.5 Å². The van der Waals surface area contributed by atoms with Crippen molar-refractivity contribution >= 4 is 23.5 Å². The fraction of sp³-hybridized carbons (Fsp3) is 0.467. The number of benzene rings is 1. The molecule has 0 heterocycles. The zero-order valence-electron chi connectivity index (χ0n) is 12.4. The largest absolute Gasteiger partial charge is 0.496 e. The molecule has 0 aliphatic rings. The van der Waals surface area contributed by atoms with E-state index in [1.165, 1.54) is 12.0 Å². The number of amides is 1. The van der Waals surface area contributed by atoms with Crippen LogP contribution < -0.4 is 4.74 Å². The van der Waals surface area contributed by atoms with Gasteiger partial charge in [0.15, 0.2) is 0 Å². The maximum absolute atomic E-state index is 12.4. The number of hydrogen-bond acceptors (Lipinski definition) is 3. The maximum Gasteiger partial charge on any atom is 0.323 e. The lowest BCUT2D eigenvalue weighted by Crippen LogP contribution is -2.39. The minimum atomic E-state index is -1.03. The van der Waals surface area contributed by atoms with E-state index in [9.17, 15) is 9.59 Å². The molecule has 0 spiro atoms. The molecule has 0 bridgehead atoms. The molecule has 6 heteroatoms. The second-order valence-corrected chi connectivity index (χ2v) is 5.57. The molecule has 1 amide bonds. The fourth-order valence-corrected chi connectivity index (χ4v) is 2.26. The Morgan fingerprint density at radius 2 is 2.05 bits per heavy atom. The number of carbonyl (C=O) groups excluding carboxylic acids is 1. The number of carboxylic acids is 1. The Hall–Kier alpha value is -1.75. The van der Waals surface area contributed by atoms with Crippen LogP contribution in [0.25, 0.3) is 0 Å². The number of hydrogen-bond donors (Lipinski definition) is 1. The molecule has 0 saturated heterocycles. The van der Waals surface area contributed by atoms with E-state index in [0.29, 0.717) is 22.9 Å². The number of methoxy groups -OCH3 is 1. The highest BCUT2D eigenvalue weighted by molar-refractivity contribution is 6.31. The van der Waals surface area contributed by atoms with Crippen LogP contribution in [0.15, 0.2) is 18.2 Å². The minimum absolute atomic E-state index is 0.0167. The van der Waals surface area contributed by atoms with E-state index < -0.39 is 5.97 Å². The van der Waals surface area contributed by atoms with Crippen LogP contribution in [0.5, 0.6) is 5.75 Å². The van der Waals surface area contributed by atoms with Gasteiger partial charge < -0.3 is 14.7 Å². The molecule has 0 aliphatic carbocycles. The highest BCUT2D eigenvalue weighted by Crippen LogP contribution is 2.27. The molecule has 0 aromatic heterocycles. The molecule has 5 nitrogen and oxygen atoms in total. The first-order chi connectivity index (χ1) is 9.85. The number of carbonyl (C=O) groups is 2. The van der Waals surface area contributed by atoms with E-state index in [1.54, 1.807) is 18.2 Å². The van der Waals surface area contributed by atoms with Crippen molar-refractivity contribution in [1.82, 2.24) is 4.90 Å². The molecule has 21 heavy (non-hydrogen) atoms. The normalized spacial score (nSPS) is 10.5. The fourth-order valence-electron chi connectivity index (χ4n) is 2.02. The summed E-state index contributed by atoms with van der Waals surface area (Å²) in [5, 5.41) is 9.36. The van der Waals surface area contributed by atoms with Gasteiger partial charge in [0.1, 0.15) is 12.3 Å². The van der Waals surface area contributed by atoms with Gasteiger partial charge in [-0.3, -0.25) is 9.59 Å². The summed E-state index contributed by atoms with van der Waals surface area (Å²) < 4.78 is 5.20. The van der Waals surface area contributed by atoms with Crippen molar-refractivity contribution in [3.05, 3.63) is 28.8 Å². The standard InChI is InChI=1S/C15H20ClNO4/c1-10(2)8-17(9-15(19)20)14(18)7-11-12(16)5-4-6-13(11)21-3/h4-6,10H,7-9H2,1-3H3,(H,19,20). The average Bonchev–Trinajstić information content (AvgIpc) is 2.39. The summed E-state index contributed by atoms with van der Waals surface area (Å²) >= 11 is 6.10. The maximum atomic E-state index is 12.4. The van der Waals surface area contributed by atoms with Crippen LogP contribution in [0.2, 0.25) is 5.02 Å². The quantitative estimate of drug-likeness (QED) is 0.839. The van der Waals surface area contributed by atoms with Crippen molar-refractivity contribution in [1.29, 1.82) is 0 Å². The smallest absolute Gasteiger partial charge is 0.323 e. The Balaban J connectivity index is 2.93. The highest BCUT2D eigenvalue weighted by Gasteiger charge is 2.20. The van der Waals surface area contributed by atoms with Gasteiger partial charge in [0.05, 0.1) is 13.5 Å². The molecular formula is C15H20ClNO4. The zero-order valence-corrected chi connectivity index (χ0v) is 13.2. The van der Waals surface area contributed by atoms with Crippen molar-refractivity contribution in [3.8, 4) is 5.75 Å². The number of rotatable bonds is 7. The van der Waals surface area contributed by atoms with Crippen molar-refractivity contribution in [3.63, 3.8) is 0 Å². The first kappa shape index (κ1) is 17.3. The molecule has 1 N–H and O–H groups in total. The Morgan fingerprint density at radius 1 is 1.38 bits per heavy atom. The zero-order chi connectivity index (χ0) is 16.0. The van der Waals surface area contributed by atoms with E-state index in [4.69, 9.17) is 21.4 Å². The van der Waals surface area contributed by atoms with Gasteiger partial charge in [0.25, 0.3) is 0 Å². The summed E-state index contributed by atoms with van der Waals surface area (Å²) in [7, 11) is 1.50. The van der Waals surface area contributed by atoms with Crippen LogP contribution in [0.1, 0.15) is 19.4 Å². The molecule has 0 radical (unpaired) electrons. The molecule has 1 aromatic carbocycles. The molecule has 0 saturated carbocycles. The number of halogens is 1. The molecule has 0 unspecified atom stereocenters. The van der Waals surface area contributed by atoms with Gasteiger partial charge in [-0.15, -0.1) is 0 Å². The van der Waals surface area contributed by atoms with E-state index in [-0.39, 0.29) is 24.8 Å². The summed E-state index contributed by atoms with van der Waals surface area (Å²) in [6.07, 6.45) is 0.0167. The van der Waals surface area contributed by atoms with Crippen molar-refractivity contribution in [2.45, 2.75) is 20.3 Å². The second-order valence-electron chi connectivity index (χ2n) is 5.16. The first-order valence-corrected chi connectivity index (χ1v) is 7.03. The van der Waals surface area contributed by atoms with Crippen LogP contribution in [-0.4, -0.2) is 42.1 Å². The monoisotopic (exact) mass is 313 g/mol. The van der Waals surface area contributed by atoms with E-state index in [0.717, 1.165) is 0 Å². The SMILES string of the molecule is COc1cccc(Cl)c1CC(=O)N(CC(=O)O)CC(C)C. The molecule has 1 rings (SSSR count). The van der Waals surface area contributed by atoms with Gasteiger partial charge in [-0.05, 0) is 18.1 Å². The number of ether oxygens (including phenoxy) is 1. The van der Waals surface area contributed by atoms with E-state index in [1.807, 2.05) is 13.8 Å². The van der Waals surface area contributed by atoms with Crippen molar-refractivity contribution in [2.75, 3.05) is 20.2 Å². The molecule has 1 aromatic rings. The third-order valence-electron chi connectivity index (χ3n) is 2.89. The lowest BCUT2D eigenvalue weighted by molar-refractivity contribution is -0.144. The number of nitrogens with zero attached hydrogens (tertiary/aromatic N) is 1. The number of aliphatic carboxylic acids is 1. The molecular weight excluding hydrogens is 294 g/mol. The summed E-state index contributed by atoms with van der Waals surface area (Å²) in [6, 6.07) is 5.13. The van der Waals surface area contributed by atoms with Crippen LogP contribution in [0, 0.1) is 5.92 Å². The second kappa shape index (κ2) is 7.88. The number of carboxylic acid groups (broad SMARTS) is 1. The topological polar surface area (TPSA) is 66.8 Å². The Kier molecular flexibility index (Phi) is 6.49. The van der Waals surface area contributed by atoms with Crippen molar-refractivity contribution in [2.24, 2.45) is 5.92 Å². The minimum Gasteiger partial charge on any atom is -0.496 e. The average molecular weight is 314 g/mol. The van der Waals surface area contributed by atoms with E-state index in [2.05, 4.69) is 0 Å². The first-order valence-electron chi connectivity index (χ1n) is 6.66. The summed E-state index contributed by atoms with van der Waals surface area (Å²) in [5.74, 6) is -0.607.